The number of carbonyl (C=O) groups excluding carboxylic acids is 1. The third-order valence-corrected chi connectivity index (χ3v) is 7.43. The lowest BCUT2D eigenvalue weighted by Gasteiger charge is -2.28. The van der Waals surface area contributed by atoms with Crippen LogP contribution in [0.1, 0.15) is 27.0 Å². The Labute approximate surface area is 212 Å². The van der Waals surface area contributed by atoms with E-state index in [0.29, 0.717) is 11.2 Å². The molecule has 3 aromatic rings. The maximum atomic E-state index is 13.8. The van der Waals surface area contributed by atoms with Gasteiger partial charge in [0, 0.05) is 0 Å². The van der Waals surface area contributed by atoms with E-state index in [1.54, 1.807) is 37.3 Å². The summed E-state index contributed by atoms with van der Waals surface area (Å²) < 4.78 is 37.5. The lowest BCUT2D eigenvalue weighted by molar-refractivity contribution is -0.144. The van der Waals surface area contributed by atoms with E-state index in [-0.39, 0.29) is 18.2 Å². The number of anilines is 1. The molecule has 3 heterocycles. The van der Waals surface area contributed by atoms with Crippen molar-refractivity contribution in [2.45, 2.75) is 57.5 Å². The van der Waals surface area contributed by atoms with Crippen molar-refractivity contribution in [3.63, 3.8) is 0 Å². The molecule has 37 heavy (non-hydrogen) atoms. The fourth-order valence-electron chi connectivity index (χ4n) is 3.89. The molecule has 0 amide bonds. The number of nitrogen functional groups attached to an aromatic ring is 1. The molecule has 1 aliphatic rings. The predicted octanol–water partition coefficient (Wildman–Crippen LogP) is 1.16. The molecule has 7 atom stereocenters. The first kappa shape index (κ1) is 26.9. The highest BCUT2D eigenvalue weighted by atomic mass is 31.2. The number of imidazole rings is 1. The normalized spacial score (nSPS) is 24.9. The number of nitrogens with zero attached hydrogens (tertiary/aromatic N) is 4. The monoisotopic (exact) mass is 536 g/mol. The van der Waals surface area contributed by atoms with E-state index in [0.717, 1.165) is 0 Å². The average Bonchev–Trinajstić information content (AvgIpc) is 3.41. The van der Waals surface area contributed by atoms with Crippen molar-refractivity contribution in [2.24, 2.45) is 0 Å². The predicted molar refractivity (Wildman–Crippen MR) is 130 cm³/mol. The van der Waals surface area contributed by atoms with Crippen LogP contribution in [0.25, 0.3) is 11.2 Å². The number of esters is 1. The van der Waals surface area contributed by atoms with Crippen LogP contribution in [-0.2, 0) is 23.4 Å². The van der Waals surface area contributed by atoms with E-state index in [9.17, 15) is 19.6 Å². The van der Waals surface area contributed by atoms with E-state index in [1.807, 2.05) is 0 Å². The van der Waals surface area contributed by atoms with Crippen LogP contribution in [0.4, 0.5) is 5.82 Å². The number of aliphatic hydroxyl groups is 2. The van der Waals surface area contributed by atoms with Crippen LogP contribution in [0, 0.1) is 0 Å². The van der Waals surface area contributed by atoms with Crippen LogP contribution in [0.2, 0.25) is 0 Å². The standard InChI is InChI=1S/C22H29N6O8P/c1-4-33-22(31)12(2)27-37(32,36-14-8-6-5-7-9-14)35-13(3)18-16(29)17(30)21(34-18)28-11-26-15-19(23)24-10-25-20(15)28/h5-13,16-18,21,29-30H,4H2,1-3H3,(H,27,32)(H2,23,24,25)/t12?,13?,16?,17?,18-,21-,37?/m1/s1. The Bertz CT molecular complexity index is 1280. The van der Waals surface area contributed by atoms with Gasteiger partial charge in [-0.2, -0.15) is 5.09 Å². The van der Waals surface area contributed by atoms with Crippen LogP contribution in [-0.4, -0.2) is 72.8 Å². The largest absolute Gasteiger partial charge is 0.465 e. The molecule has 1 aliphatic heterocycles. The van der Waals surface area contributed by atoms with Crippen molar-refractivity contribution in [3.05, 3.63) is 43.0 Å². The number of nitrogens with one attached hydrogen (secondary N) is 1. The van der Waals surface area contributed by atoms with Crippen molar-refractivity contribution in [3.8, 4) is 5.75 Å². The van der Waals surface area contributed by atoms with Gasteiger partial charge in [0.2, 0.25) is 0 Å². The van der Waals surface area contributed by atoms with Gasteiger partial charge in [-0.15, -0.1) is 0 Å². The Morgan fingerprint density at radius 1 is 1.22 bits per heavy atom. The van der Waals surface area contributed by atoms with Crippen molar-refractivity contribution < 1.29 is 38.1 Å². The van der Waals surface area contributed by atoms with Crippen LogP contribution < -0.4 is 15.3 Å². The number of nitrogens with two attached hydrogens (primary N) is 1. The molecular formula is C22H29N6O8P. The quantitative estimate of drug-likeness (QED) is 0.213. The summed E-state index contributed by atoms with van der Waals surface area (Å²) in [4.78, 5) is 24.3. The first-order valence-corrected chi connectivity index (χ1v) is 13.1. The molecular weight excluding hydrogens is 507 g/mol. The molecule has 5 unspecified atom stereocenters. The van der Waals surface area contributed by atoms with Crippen LogP contribution in [0.15, 0.2) is 43.0 Å². The van der Waals surface area contributed by atoms with Gasteiger partial charge in [-0.25, -0.2) is 19.5 Å². The van der Waals surface area contributed by atoms with Crippen LogP contribution in [0.5, 0.6) is 5.75 Å². The highest BCUT2D eigenvalue weighted by Crippen LogP contribution is 2.48. The molecule has 200 valence electrons. The molecule has 0 saturated carbocycles. The average molecular weight is 536 g/mol. The van der Waals surface area contributed by atoms with E-state index < -0.39 is 50.4 Å². The molecule has 4 rings (SSSR count). The van der Waals surface area contributed by atoms with Gasteiger partial charge in [-0.1, -0.05) is 18.2 Å². The Hall–Kier alpha value is -3.13. The third kappa shape index (κ3) is 5.74. The van der Waals surface area contributed by atoms with Gasteiger partial charge in [0.1, 0.15) is 41.9 Å². The second kappa shape index (κ2) is 11.1. The zero-order chi connectivity index (χ0) is 26.7. The summed E-state index contributed by atoms with van der Waals surface area (Å²) in [5.41, 5.74) is 6.43. The number of para-hydroxylation sites is 1. The zero-order valence-corrected chi connectivity index (χ0v) is 21.3. The Kier molecular flexibility index (Phi) is 8.07. The van der Waals surface area contributed by atoms with Gasteiger partial charge >= 0.3 is 13.7 Å². The number of aliphatic hydroxyl groups excluding tert-OH is 2. The first-order chi connectivity index (χ1) is 17.6. The molecule has 15 heteroatoms. The number of hydrogen-bond acceptors (Lipinski definition) is 12. The van der Waals surface area contributed by atoms with E-state index in [4.69, 9.17) is 24.3 Å². The molecule has 1 aromatic carbocycles. The van der Waals surface area contributed by atoms with Gasteiger partial charge in [0.25, 0.3) is 0 Å². The van der Waals surface area contributed by atoms with Crippen molar-refractivity contribution >= 4 is 30.7 Å². The van der Waals surface area contributed by atoms with Gasteiger partial charge < -0.3 is 29.9 Å². The molecule has 0 spiro atoms. The topological polar surface area (TPSA) is 193 Å². The summed E-state index contributed by atoms with van der Waals surface area (Å²) in [6.45, 7) is 4.72. The smallest absolute Gasteiger partial charge is 0.459 e. The van der Waals surface area contributed by atoms with Crippen molar-refractivity contribution in [2.75, 3.05) is 12.3 Å². The SMILES string of the molecule is CCOC(=O)C(C)NP(=O)(Oc1ccccc1)OC(C)[C@H]1O[C@@H](n2cnc3c(N)ncnc32)C(O)C1O. The lowest BCUT2D eigenvalue weighted by atomic mass is 10.1. The number of fused-ring (bicyclic) bond motifs is 1. The maximum Gasteiger partial charge on any atom is 0.459 e. The Balaban J connectivity index is 1.55. The molecule has 0 aliphatic carbocycles. The molecule has 14 nitrogen and oxygen atoms in total. The number of carbonyl (C=O) groups is 1. The number of rotatable bonds is 10. The highest BCUT2D eigenvalue weighted by molar-refractivity contribution is 7.52. The summed E-state index contributed by atoms with van der Waals surface area (Å²) in [5, 5.41) is 24.1. The molecule has 0 bridgehead atoms. The van der Waals surface area contributed by atoms with Gasteiger partial charge in [0.15, 0.2) is 17.7 Å². The van der Waals surface area contributed by atoms with E-state index >= 15 is 0 Å². The van der Waals surface area contributed by atoms with Gasteiger partial charge in [-0.05, 0) is 32.9 Å². The fourth-order valence-corrected chi connectivity index (χ4v) is 5.59. The Morgan fingerprint density at radius 3 is 2.65 bits per heavy atom. The van der Waals surface area contributed by atoms with E-state index in [1.165, 1.54) is 31.1 Å². The molecule has 1 fully saturated rings. The number of ether oxygens (including phenoxy) is 2. The van der Waals surface area contributed by atoms with Crippen LogP contribution >= 0.6 is 7.75 Å². The zero-order valence-electron chi connectivity index (χ0n) is 20.4. The first-order valence-electron chi connectivity index (χ1n) is 11.6. The number of aromatic nitrogens is 4. The summed E-state index contributed by atoms with van der Waals surface area (Å²) in [6, 6.07) is 7.18. The minimum Gasteiger partial charge on any atom is -0.465 e. The fraction of sp³-hybridized carbons (Fsp3) is 0.455. The van der Waals surface area contributed by atoms with E-state index in [2.05, 4.69) is 20.0 Å². The minimum absolute atomic E-state index is 0.132. The molecule has 1 saturated heterocycles. The summed E-state index contributed by atoms with van der Waals surface area (Å²) >= 11 is 0. The summed E-state index contributed by atoms with van der Waals surface area (Å²) in [7, 11) is -4.24. The molecule has 5 N–H and O–H groups in total. The summed E-state index contributed by atoms with van der Waals surface area (Å²) in [6.07, 6.45) is -3.59. The third-order valence-electron chi connectivity index (χ3n) is 5.66. The minimum atomic E-state index is -4.24. The van der Waals surface area contributed by atoms with Crippen molar-refractivity contribution in [1.82, 2.24) is 24.6 Å². The number of benzene rings is 1. The second-order valence-corrected chi connectivity index (χ2v) is 10.0. The van der Waals surface area contributed by atoms with Gasteiger partial charge in [-0.3, -0.25) is 13.9 Å². The maximum absolute atomic E-state index is 13.8. The van der Waals surface area contributed by atoms with Crippen LogP contribution in [0.3, 0.4) is 0 Å². The molecule has 2 aromatic heterocycles. The summed E-state index contributed by atoms with van der Waals surface area (Å²) in [5.74, 6) is -0.295. The number of hydrogen-bond donors (Lipinski definition) is 4. The Morgan fingerprint density at radius 2 is 1.95 bits per heavy atom. The van der Waals surface area contributed by atoms with Crippen molar-refractivity contribution in [1.29, 1.82) is 0 Å². The van der Waals surface area contributed by atoms with Gasteiger partial charge in [0.05, 0.1) is 19.0 Å². The second-order valence-electron chi connectivity index (χ2n) is 8.37. The highest BCUT2D eigenvalue weighted by Gasteiger charge is 2.49. The molecule has 0 radical (unpaired) electrons. The lowest BCUT2D eigenvalue weighted by Crippen LogP contribution is -2.41.